The number of carbonyl (C=O) groups excluding carboxylic acids is 1. The normalized spacial score (nSPS) is 10.9. The molecule has 3 rings (SSSR count). The van der Waals surface area contributed by atoms with E-state index < -0.39 is 5.91 Å². The van der Waals surface area contributed by atoms with E-state index in [1.165, 1.54) is 17.8 Å². The zero-order valence-electron chi connectivity index (χ0n) is 18.1. The molecule has 8 nitrogen and oxygen atoms in total. The van der Waals surface area contributed by atoms with Crippen LogP contribution in [0.15, 0.2) is 59.3 Å². The van der Waals surface area contributed by atoms with Crippen molar-refractivity contribution in [3.8, 4) is 23.3 Å². The van der Waals surface area contributed by atoms with Gasteiger partial charge in [-0.05, 0) is 49.1 Å². The molecule has 0 aliphatic heterocycles. The Morgan fingerprint density at radius 3 is 2.64 bits per heavy atom. The Bertz CT molecular complexity index is 1140. The van der Waals surface area contributed by atoms with E-state index in [-0.39, 0.29) is 5.57 Å². The highest BCUT2D eigenvalue weighted by Gasteiger charge is 2.14. The molecule has 0 saturated carbocycles. The third kappa shape index (κ3) is 7.24. The zero-order valence-corrected chi connectivity index (χ0v) is 19.7. The number of ether oxygens (including phenoxy) is 3. The van der Waals surface area contributed by atoms with Gasteiger partial charge in [-0.25, -0.2) is 0 Å². The van der Waals surface area contributed by atoms with Crippen LogP contribution in [0.3, 0.4) is 0 Å². The van der Waals surface area contributed by atoms with Crippen LogP contribution >= 0.6 is 23.3 Å². The number of nitriles is 1. The van der Waals surface area contributed by atoms with Gasteiger partial charge in [-0.3, -0.25) is 10.1 Å². The maximum absolute atomic E-state index is 12.5. The van der Waals surface area contributed by atoms with Crippen LogP contribution in [0, 0.1) is 11.3 Å². The third-order valence-corrected chi connectivity index (χ3v) is 5.40. The van der Waals surface area contributed by atoms with Crippen molar-refractivity contribution in [3.05, 3.63) is 59.7 Å². The Labute approximate surface area is 200 Å². The molecule has 1 aromatic heterocycles. The smallest absolute Gasteiger partial charge is 0.268 e. The number of carbonyl (C=O) groups is 1. The van der Waals surface area contributed by atoms with Gasteiger partial charge in [0.15, 0.2) is 11.5 Å². The summed E-state index contributed by atoms with van der Waals surface area (Å²) >= 11 is 2.43. The first-order valence-corrected chi connectivity index (χ1v) is 12.0. The van der Waals surface area contributed by atoms with Gasteiger partial charge in [0, 0.05) is 11.5 Å². The minimum absolute atomic E-state index is 0.0664. The van der Waals surface area contributed by atoms with Crippen molar-refractivity contribution in [2.45, 2.75) is 12.1 Å². The lowest BCUT2D eigenvalue weighted by molar-refractivity contribution is -0.112. The molecule has 1 amide bonds. The molecule has 1 N–H and O–H groups in total. The summed E-state index contributed by atoms with van der Waals surface area (Å²) in [5.41, 5.74) is 0.559. The number of thioether (sulfide) groups is 1. The second-order valence-electron chi connectivity index (χ2n) is 6.36. The van der Waals surface area contributed by atoms with Crippen LogP contribution in [0.2, 0.25) is 0 Å². The van der Waals surface area contributed by atoms with Crippen LogP contribution in [0.25, 0.3) is 6.08 Å². The minimum Gasteiger partial charge on any atom is -0.490 e. The van der Waals surface area contributed by atoms with E-state index in [4.69, 9.17) is 14.2 Å². The van der Waals surface area contributed by atoms with E-state index in [0.29, 0.717) is 47.2 Å². The van der Waals surface area contributed by atoms with E-state index in [1.54, 1.807) is 18.2 Å². The predicted octanol–water partition coefficient (Wildman–Crippen LogP) is 4.66. The Balaban J connectivity index is 1.66. The first-order valence-electron chi connectivity index (χ1n) is 10.0. The fourth-order valence-corrected chi connectivity index (χ4v) is 3.77. The largest absolute Gasteiger partial charge is 0.490 e. The average Bonchev–Trinajstić information content (AvgIpc) is 3.29. The number of amides is 1. The van der Waals surface area contributed by atoms with Crippen molar-refractivity contribution in [1.82, 2.24) is 9.36 Å². The molecule has 2 aromatic carbocycles. The summed E-state index contributed by atoms with van der Waals surface area (Å²) in [4.78, 5) is 16.6. The molecule has 0 atom stereocenters. The van der Waals surface area contributed by atoms with Gasteiger partial charge in [0.25, 0.3) is 5.91 Å². The van der Waals surface area contributed by atoms with Crippen molar-refractivity contribution in [1.29, 1.82) is 5.26 Å². The molecule has 0 spiro atoms. The van der Waals surface area contributed by atoms with Crippen LogP contribution in [-0.2, 0) is 4.79 Å². The summed E-state index contributed by atoms with van der Waals surface area (Å²) in [5.74, 6) is 1.27. The van der Waals surface area contributed by atoms with Gasteiger partial charge in [-0.1, -0.05) is 36.0 Å². The number of anilines is 1. The first kappa shape index (κ1) is 24.1. The maximum Gasteiger partial charge on any atom is 0.268 e. The summed E-state index contributed by atoms with van der Waals surface area (Å²) in [6.07, 6.45) is 3.32. The van der Waals surface area contributed by atoms with Gasteiger partial charge < -0.3 is 14.2 Å². The van der Waals surface area contributed by atoms with Crippen LogP contribution in [0.1, 0.15) is 12.5 Å². The van der Waals surface area contributed by atoms with Crippen LogP contribution < -0.4 is 19.5 Å². The minimum atomic E-state index is -0.558. The number of para-hydroxylation sites is 1. The number of nitrogens with one attached hydrogen (secondary N) is 1. The molecule has 3 aromatic rings. The number of aromatic nitrogens is 2. The van der Waals surface area contributed by atoms with Gasteiger partial charge in [0.1, 0.15) is 30.6 Å². The molecule has 0 unspecified atom stereocenters. The van der Waals surface area contributed by atoms with Gasteiger partial charge in [-0.2, -0.15) is 14.6 Å². The summed E-state index contributed by atoms with van der Waals surface area (Å²) in [7, 11) is 0. The van der Waals surface area contributed by atoms with Gasteiger partial charge in [0.05, 0.1) is 6.61 Å². The van der Waals surface area contributed by atoms with Crippen molar-refractivity contribution in [2.75, 3.05) is 31.4 Å². The molecule has 33 heavy (non-hydrogen) atoms. The molecule has 170 valence electrons. The van der Waals surface area contributed by atoms with E-state index in [1.807, 2.05) is 49.6 Å². The Hall–Kier alpha value is -3.55. The Morgan fingerprint density at radius 1 is 1.15 bits per heavy atom. The summed E-state index contributed by atoms with van der Waals surface area (Å²) in [5, 5.41) is 13.0. The van der Waals surface area contributed by atoms with Gasteiger partial charge in [0.2, 0.25) is 10.3 Å². The maximum atomic E-state index is 12.5. The molecule has 0 saturated heterocycles. The highest BCUT2D eigenvalue weighted by Crippen LogP contribution is 2.29. The SMILES string of the molecule is CCOc1cc(/C=C(/C#N)C(=O)Nc2nc(SC)ns2)ccc1OCCOc1ccccc1. The Kier molecular flexibility index (Phi) is 9.11. The highest BCUT2D eigenvalue weighted by molar-refractivity contribution is 7.98. The summed E-state index contributed by atoms with van der Waals surface area (Å²) < 4.78 is 21.2. The van der Waals surface area contributed by atoms with E-state index >= 15 is 0 Å². The molecule has 0 radical (unpaired) electrons. The van der Waals surface area contributed by atoms with Crippen LogP contribution in [-0.4, -0.2) is 41.3 Å². The number of hydrogen-bond donors (Lipinski definition) is 1. The molecule has 1 heterocycles. The lowest BCUT2D eigenvalue weighted by Crippen LogP contribution is -2.13. The molecular weight excluding hydrogens is 460 g/mol. The van der Waals surface area contributed by atoms with Crippen molar-refractivity contribution < 1.29 is 19.0 Å². The monoisotopic (exact) mass is 482 g/mol. The van der Waals surface area contributed by atoms with E-state index in [2.05, 4.69) is 14.7 Å². The third-order valence-electron chi connectivity index (χ3n) is 4.11. The van der Waals surface area contributed by atoms with Crippen LogP contribution in [0.5, 0.6) is 17.2 Å². The first-order chi connectivity index (χ1) is 16.1. The molecule has 0 aliphatic rings. The Morgan fingerprint density at radius 2 is 1.94 bits per heavy atom. The van der Waals surface area contributed by atoms with E-state index in [0.717, 1.165) is 17.3 Å². The molecule has 0 fully saturated rings. The highest BCUT2D eigenvalue weighted by atomic mass is 32.2. The fourth-order valence-electron chi connectivity index (χ4n) is 2.65. The second kappa shape index (κ2) is 12.5. The zero-order chi connectivity index (χ0) is 23.5. The molecule has 0 aliphatic carbocycles. The average molecular weight is 483 g/mol. The summed E-state index contributed by atoms with van der Waals surface area (Å²) in [6, 6.07) is 16.6. The lowest BCUT2D eigenvalue weighted by atomic mass is 10.1. The van der Waals surface area contributed by atoms with Gasteiger partial charge in [-0.15, -0.1) is 0 Å². The molecule has 10 heteroatoms. The quantitative estimate of drug-likeness (QED) is 0.182. The molecule has 0 bridgehead atoms. The lowest BCUT2D eigenvalue weighted by Gasteiger charge is -2.13. The number of rotatable bonds is 11. The van der Waals surface area contributed by atoms with Crippen LogP contribution in [0.4, 0.5) is 5.13 Å². The van der Waals surface area contributed by atoms with Gasteiger partial charge >= 0.3 is 0 Å². The van der Waals surface area contributed by atoms with Crippen molar-refractivity contribution in [3.63, 3.8) is 0 Å². The molecular formula is C23H22N4O4S2. The number of benzene rings is 2. The van der Waals surface area contributed by atoms with Crippen molar-refractivity contribution >= 4 is 40.4 Å². The predicted molar refractivity (Wildman–Crippen MR) is 129 cm³/mol. The summed E-state index contributed by atoms with van der Waals surface area (Å²) in [6.45, 7) is 3.00. The topological polar surface area (TPSA) is 106 Å². The van der Waals surface area contributed by atoms with Crippen molar-refractivity contribution in [2.24, 2.45) is 0 Å². The standard InChI is InChI=1S/C23H22N4O4S2/c1-3-29-20-14-16(9-10-19(20)31-12-11-30-18-7-5-4-6-8-18)13-17(15-24)21(28)25-22-26-23(32-2)27-33-22/h4-10,13-14H,3,11-12H2,1-2H3,(H,25,26,27,28)/b17-13-. The number of nitrogens with zero attached hydrogens (tertiary/aromatic N) is 3. The second-order valence-corrected chi connectivity index (χ2v) is 7.88. The number of hydrogen-bond acceptors (Lipinski definition) is 9. The fraction of sp³-hybridized carbons (Fsp3) is 0.217. The van der Waals surface area contributed by atoms with E-state index in [9.17, 15) is 10.1 Å².